The zero-order valence-electron chi connectivity index (χ0n) is 7.47. The second-order valence-electron chi connectivity index (χ2n) is 2.72. The van der Waals surface area contributed by atoms with Gasteiger partial charge in [-0.1, -0.05) is 6.92 Å². The molecule has 0 spiro atoms. The lowest BCUT2D eigenvalue weighted by atomic mass is 10.3. The molecule has 0 amide bonds. The molecule has 0 aliphatic rings. The smallest absolute Gasteiger partial charge is 0.141 e. The van der Waals surface area contributed by atoms with Crippen molar-refractivity contribution in [1.82, 2.24) is 9.97 Å². The van der Waals surface area contributed by atoms with Gasteiger partial charge in [-0.05, 0) is 6.42 Å². The van der Waals surface area contributed by atoms with Gasteiger partial charge in [-0.15, -0.1) is 11.8 Å². The van der Waals surface area contributed by atoms with Gasteiger partial charge in [-0.2, -0.15) is 0 Å². The van der Waals surface area contributed by atoms with Crippen LogP contribution in [-0.2, 0) is 0 Å². The van der Waals surface area contributed by atoms with Crippen molar-refractivity contribution < 1.29 is 5.11 Å². The highest BCUT2D eigenvalue weighted by atomic mass is 32.2. The van der Waals surface area contributed by atoms with Gasteiger partial charge in [0.1, 0.15) is 10.8 Å². The first-order valence-electron chi connectivity index (χ1n) is 4.07. The molecule has 1 aromatic heterocycles. The molecule has 0 radical (unpaired) electrons. The summed E-state index contributed by atoms with van der Waals surface area (Å²) in [5.41, 5.74) is 5.39. The number of rotatable bonds is 4. The molecule has 72 valence electrons. The summed E-state index contributed by atoms with van der Waals surface area (Å²) in [4.78, 5) is 8.02. The summed E-state index contributed by atoms with van der Waals surface area (Å²) in [5.74, 6) is 0.430. The normalized spacial score (nSPS) is 12.8. The number of thioether (sulfide) groups is 1. The van der Waals surface area contributed by atoms with Crippen molar-refractivity contribution >= 4 is 17.6 Å². The first kappa shape index (κ1) is 10.3. The van der Waals surface area contributed by atoms with Crippen LogP contribution in [0.5, 0.6) is 0 Å². The number of aliphatic hydroxyl groups excluding tert-OH is 1. The fraction of sp³-hybridized carbons (Fsp3) is 0.500. The van der Waals surface area contributed by atoms with Crippen LogP contribution in [0.15, 0.2) is 17.4 Å². The topological polar surface area (TPSA) is 72.0 Å². The summed E-state index contributed by atoms with van der Waals surface area (Å²) in [6.07, 6.45) is 3.94. The Balaban J connectivity index is 2.49. The quantitative estimate of drug-likeness (QED) is 0.705. The van der Waals surface area contributed by atoms with Crippen molar-refractivity contribution in [1.29, 1.82) is 0 Å². The predicted octanol–water partition coefficient (Wildman–Crippen LogP) is 0.922. The number of nitrogen functional groups attached to an aromatic ring is 1. The molecular formula is C8H13N3OS. The van der Waals surface area contributed by atoms with Crippen LogP contribution in [0.1, 0.15) is 13.3 Å². The van der Waals surface area contributed by atoms with Gasteiger partial charge in [0.25, 0.3) is 0 Å². The summed E-state index contributed by atoms with van der Waals surface area (Å²) in [6, 6.07) is 0. The first-order chi connectivity index (χ1) is 6.22. The summed E-state index contributed by atoms with van der Waals surface area (Å²) in [5, 5.41) is 9.88. The third kappa shape index (κ3) is 3.61. The number of anilines is 1. The highest BCUT2D eigenvalue weighted by Crippen LogP contribution is 2.22. The van der Waals surface area contributed by atoms with E-state index < -0.39 is 0 Å². The van der Waals surface area contributed by atoms with Gasteiger partial charge in [-0.25, -0.2) is 9.97 Å². The minimum absolute atomic E-state index is 0.205. The third-order valence-corrected chi connectivity index (χ3v) is 2.60. The minimum Gasteiger partial charge on any atom is -0.396 e. The first-order valence-corrected chi connectivity index (χ1v) is 4.95. The van der Waals surface area contributed by atoms with E-state index in [2.05, 4.69) is 9.97 Å². The zero-order valence-corrected chi connectivity index (χ0v) is 8.29. The monoisotopic (exact) mass is 199 g/mol. The van der Waals surface area contributed by atoms with Crippen LogP contribution in [0.25, 0.3) is 0 Å². The van der Waals surface area contributed by atoms with Crippen LogP contribution in [0, 0.1) is 0 Å². The molecule has 0 saturated heterocycles. The number of nitrogens with zero attached hydrogens (tertiary/aromatic N) is 2. The van der Waals surface area contributed by atoms with E-state index in [0.717, 1.165) is 11.4 Å². The number of hydrogen-bond acceptors (Lipinski definition) is 5. The molecule has 0 aromatic carbocycles. The van der Waals surface area contributed by atoms with Crippen LogP contribution in [-0.4, -0.2) is 26.9 Å². The van der Waals surface area contributed by atoms with Gasteiger partial charge in [-0.3, -0.25) is 0 Å². The fourth-order valence-corrected chi connectivity index (χ4v) is 1.70. The summed E-state index contributed by atoms with van der Waals surface area (Å²) in [6.45, 7) is 2.25. The van der Waals surface area contributed by atoms with Crippen LogP contribution >= 0.6 is 11.8 Å². The van der Waals surface area contributed by atoms with E-state index in [9.17, 15) is 0 Å². The number of aliphatic hydroxyl groups is 1. The van der Waals surface area contributed by atoms with E-state index in [1.54, 1.807) is 18.0 Å². The van der Waals surface area contributed by atoms with Crippen molar-refractivity contribution in [2.24, 2.45) is 0 Å². The van der Waals surface area contributed by atoms with Crippen molar-refractivity contribution in [3.8, 4) is 0 Å². The second kappa shape index (κ2) is 5.04. The van der Waals surface area contributed by atoms with Crippen molar-refractivity contribution in [3.63, 3.8) is 0 Å². The second-order valence-corrected chi connectivity index (χ2v) is 4.18. The summed E-state index contributed by atoms with van der Waals surface area (Å²) in [7, 11) is 0. The summed E-state index contributed by atoms with van der Waals surface area (Å²) >= 11 is 1.59. The highest BCUT2D eigenvalue weighted by Gasteiger charge is 2.04. The largest absolute Gasteiger partial charge is 0.396 e. The van der Waals surface area contributed by atoms with Gasteiger partial charge in [0.05, 0.1) is 12.4 Å². The van der Waals surface area contributed by atoms with E-state index in [0.29, 0.717) is 11.1 Å². The molecule has 1 heterocycles. The molecule has 1 rings (SSSR count). The van der Waals surface area contributed by atoms with E-state index in [-0.39, 0.29) is 6.61 Å². The van der Waals surface area contributed by atoms with Crippen LogP contribution < -0.4 is 5.73 Å². The molecule has 0 aliphatic carbocycles. The van der Waals surface area contributed by atoms with Gasteiger partial charge in [0, 0.05) is 11.9 Å². The SMILES string of the molecule is CC(CCO)Sc1cnc(N)cn1. The average Bonchev–Trinajstić information content (AvgIpc) is 2.09. The van der Waals surface area contributed by atoms with Crippen molar-refractivity contribution in [2.45, 2.75) is 23.6 Å². The molecule has 3 N–H and O–H groups in total. The molecule has 5 heteroatoms. The standard InChI is InChI=1S/C8H13N3OS/c1-6(2-3-12)13-8-5-10-7(9)4-11-8/h4-6,12H,2-3H2,1H3,(H2,9,10). The molecule has 0 fully saturated rings. The maximum absolute atomic E-state index is 8.69. The molecule has 0 bridgehead atoms. The van der Waals surface area contributed by atoms with Crippen molar-refractivity contribution in [2.75, 3.05) is 12.3 Å². The van der Waals surface area contributed by atoms with Crippen molar-refractivity contribution in [3.05, 3.63) is 12.4 Å². The molecule has 1 aromatic rings. The van der Waals surface area contributed by atoms with Crippen LogP contribution in [0.2, 0.25) is 0 Å². The Morgan fingerprint density at radius 2 is 2.31 bits per heavy atom. The van der Waals surface area contributed by atoms with E-state index in [1.807, 2.05) is 6.92 Å². The predicted molar refractivity (Wildman–Crippen MR) is 53.5 cm³/mol. The van der Waals surface area contributed by atoms with E-state index in [4.69, 9.17) is 10.8 Å². The maximum Gasteiger partial charge on any atom is 0.141 e. The minimum atomic E-state index is 0.205. The Labute approximate surface area is 81.6 Å². The zero-order chi connectivity index (χ0) is 9.68. The number of aromatic nitrogens is 2. The molecule has 0 saturated carbocycles. The molecule has 4 nitrogen and oxygen atoms in total. The van der Waals surface area contributed by atoms with E-state index >= 15 is 0 Å². The van der Waals surface area contributed by atoms with Crippen LogP contribution in [0.3, 0.4) is 0 Å². The average molecular weight is 199 g/mol. The number of hydrogen-bond donors (Lipinski definition) is 2. The molecule has 1 atom stereocenters. The van der Waals surface area contributed by atoms with Gasteiger partial charge in [0.2, 0.25) is 0 Å². The van der Waals surface area contributed by atoms with Gasteiger partial charge in [0.15, 0.2) is 0 Å². The molecule has 13 heavy (non-hydrogen) atoms. The summed E-state index contributed by atoms with van der Waals surface area (Å²) < 4.78 is 0. The van der Waals surface area contributed by atoms with Crippen LogP contribution in [0.4, 0.5) is 5.82 Å². The highest BCUT2D eigenvalue weighted by molar-refractivity contribution is 7.99. The van der Waals surface area contributed by atoms with Gasteiger partial charge < -0.3 is 10.8 Å². The Hall–Kier alpha value is -0.810. The fourth-order valence-electron chi connectivity index (χ4n) is 0.834. The molecule has 1 unspecified atom stereocenters. The maximum atomic E-state index is 8.69. The Morgan fingerprint density at radius 3 is 2.85 bits per heavy atom. The Morgan fingerprint density at radius 1 is 1.54 bits per heavy atom. The van der Waals surface area contributed by atoms with E-state index in [1.165, 1.54) is 6.20 Å². The lowest BCUT2D eigenvalue weighted by Crippen LogP contribution is -2.00. The molecule has 0 aliphatic heterocycles. The lowest BCUT2D eigenvalue weighted by molar-refractivity contribution is 0.289. The molecular weight excluding hydrogens is 186 g/mol. The number of nitrogens with two attached hydrogens (primary N) is 1. The third-order valence-electron chi connectivity index (χ3n) is 1.51. The lowest BCUT2D eigenvalue weighted by Gasteiger charge is -2.07. The van der Waals surface area contributed by atoms with Gasteiger partial charge >= 0.3 is 0 Å². The Bertz CT molecular complexity index is 252. The Kier molecular flexibility index (Phi) is 3.98.